The molecule has 0 spiro atoms. The summed E-state index contributed by atoms with van der Waals surface area (Å²) in [4.78, 5) is 10.5. The van der Waals surface area contributed by atoms with E-state index in [1.165, 1.54) is 5.56 Å². The molecule has 2 N–H and O–H groups in total. The smallest absolute Gasteiger partial charge is 0.227 e. The first-order valence-corrected chi connectivity index (χ1v) is 5.20. The summed E-state index contributed by atoms with van der Waals surface area (Å²) in [5.41, 5.74) is 6.29. The minimum absolute atomic E-state index is 0.257. The van der Waals surface area contributed by atoms with Crippen LogP contribution in [0.3, 0.4) is 0 Å². The third-order valence-electron chi connectivity index (χ3n) is 1.74. The number of hydrogen-bond acceptors (Lipinski definition) is 2. The normalized spacial score (nSPS) is 12.4. The van der Waals surface area contributed by atoms with Crippen molar-refractivity contribution in [3.8, 4) is 0 Å². The number of amides is 1. The molecule has 1 aromatic carbocycles. The Bertz CT molecular complexity index is 274. The van der Waals surface area contributed by atoms with Crippen molar-refractivity contribution in [1.29, 1.82) is 0 Å². The summed E-state index contributed by atoms with van der Waals surface area (Å²) in [7, 11) is 0. The number of carbonyl (C=O) groups is 1. The van der Waals surface area contributed by atoms with E-state index in [0.717, 1.165) is 0 Å². The van der Waals surface area contributed by atoms with Crippen LogP contribution in [0.25, 0.3) is 0 Å². The predicted octanol–water partition coefficient (Wildman–Crippen LogP) is 1.97. The SMILES string of the molecule is CC(SCC(N)=O)c1ccccc1. The molecule has 1 aromatic rings. The van der Waals surface area contributed by atoms with E-state index in [0.29, 0.717) is 11.0 Å². The van der Waals surface area contributed by atoms with Crippen molar-refractivity contribution in [2.45, 2.75) is 12.2 Å². The Kier molecular flexibility index (Phi) is 3.83. The molecule has 0 radical (unpaired) electrons. The topological polar surface area (TPSA) is 43.1 Å². The molecule has 1 rings (SSSR count). The van der Waals surface area contributed by atoms with Gasteiger partial charge in [0.25, 0.3) is 0 Å². The average molecular weight is 195 g/mol. The fourth-order valence-electron chi connectivity index (χ4n) is 1.03. The number of carbonyl (C=O) groups excluding carboxylic acids is 1. The minimum Gasteiger partial charge on any atom is -0.369 e. The van der Waals surface area contributed by atoms with Gasteiger partial charge < -0.3 is 5.73 Å². The average Bonchev–Trinajstić information content (AvgIpc) is 2.15. The highest BCUT2D eigenvalue weighted by atomic mass is 32.2. The van der Waals surface area contributed by atoms with Crippen molar-refractivity contribution >= 4 is 17.7 Å². The Morgan fingerprint density at radius 3 is 2.62 bits per heavy atom. The Balaban J connectivity index is 2.49. The Morgan fingerprint density at radius 1 is 1.46 bits per heavy atom. The Morgan fingerprint density at radius 2 is 2.08 bits per heavy atom. The van der Waals surface area contributed by atoms with Gasteiger partial charge in [-0.15, -0.1) is 11.8 Å². The van der Waals surface area contributed by atoms with Gasteiger partial charge in [0.1, 0.15) is 0 Å². The van der Waals surface area contributed by atoms with Gasteiger partial charge in [0.2, 0.25) is 5.91 Å². The highest BCUT2D eigenvalue weighted by Crippen LogP contribution is 2.26. The Labute approximate surface area is 82.5 Å². The van der Waals surface area contributed by atoms with Crippen LogP contribution in [0.1, 0.15) is 17.7 Å². The number of nitrogens with two attached hydrogens (primary N) is 1. The molecule has 0 saturated carbocycles. The molecule has 0 bridgehead atoms. The molecule has 1 atom stereocenters. The van der Waals surface area contributed by atoms with Crippen LogP contribution >= 0.6 is 11.8 Å². The maximum absolute atomic E-state index is 10.5. The molecule has 0 aromatic heterocycles. The largest absolute Gasteiger partial charge is 0.369 e. The van der Waals surface area contributed by atoms with E-state index >= 15 is 0 Å². The molecule has 0 aliphatic carbocycles. The van der Waals surface area contributed by atoms with Crippen molar-refractivity contribution in [2.24, 2.45) is 5.73 Å². The van der Waals surface area contributed by atoms with Crippen LogP contribution in [0.15, 0.2) is 30.3 Å². The van der Waals surface area contributed by atoms with Crippen LogP contribution < -0.4 is 5.73 Å². The zero-order valence-corrected chi connectivity index (χ0v) is 8.38. The molecular weight excluding hydrogens is 182 g/mol. The lowest BCUT2D eigenvalue weighted by atomic mass is 10.2. The monoisotopic (exact) mass is 195 g/mol. The van der Waals surface area contributed by atoms with Gasteiger partial charge in [-0.1, -0.05) is 30.3 Å². The van der Waals surface area contributed by atoms with Crippen LogP contribution in [-0.2, 0) is 4.79 Å². The van der Waals surface area contributed by atoms with Crippen molar-refractivity contribution < 1.29 is 4.79 Å². The summed E-state index contributed by atoms with van der Waals surface area (Å²) in [6.07, 6.45) is 0. The van der Waals surface area contributed by atoms with E-state index in [4.69, 9.17) is 5.73 Å². The first kappa shape index (κ1) is 10.1. The van der Waals surface area contributed by atoms with E-state index in [9.17, 15) is 4.79 Å². The zero-order valence-electron chi connectivity index (χ0n) is 7.57. The number of primary amides is 1. The van der Waals surface area contributed by atoms with Crippen LogP contribution in [-0.4, -0.2) is 11.7 Å². The molecule has 0 aliphatic heterocycles. The lowest BCUT2D eigenvalue weighted by molar-refractivity contribution is -0.115. The quantitative estimate of drug-likeness (QED) is 0.798. The fourth-order valence-corrected chi connectivity index (χ4v) is 1.79. The molecule has 70 valence electrons. The summed E-state index contributed by atoms with van der Waals surface area (Å²) < 4.78 is 0. The van der Waals surface area contributed by atoms with Crippen LogP contribution in [0, 0.1) is 0 Å². The van der Waals surface area contributed by atoms with Crippen molar-refractivity contribution in [3.05, 3.63) is 35.9 Å². The maximum Gasteiger partial charge on any atom is 0.227 e. The van der Waals surface area contributed by atoms with Gasteiger partial charge in [-0.05, 0) is 12.5 Å². The Hall–Kier alpha value is -0.960. The second-order valence-electron chi connectivity index (χ2n) is 2.83. The van der Waals surface area contributed by atoms with E-state index in [1.54, 1.807) is 11.8 Å². The summed E-state index contributed by atoms with van der Waals surface area (Å²) >= 11 is 1.56. The summed E-state index contributed by atoms with van der Waals surface area (Å²) in [5, 5.41) is 0.327. The highest BCUT2D eigenvalue weighted by molar-refractivity contribution is 8.00. The van der Waals surface area contributed by atoms with Crippen molar-refractivity contribution in [3.63, 3.8) is 0 Å². The minimum atomic E-state index is -0.257. The third kappa shape index (κ3) is 3.51. The standard InChI is InChI=1S/C10H13NOS/c1-8(13-7-10(11)12)9-5-3-2-4-6-9/h2-6,8H,7H2,1H3,(H2,11,12). The third-order valence-corrected chi connectivity index (χ3v) is 2.97. The lowest BCUT2D eigenvalue weighted by Crippen LogP contribution is -2.13. The summed E-state index contributed by atoms with van der Waals surface area (Å²) in [5.74, 6) is 0.128. The molecule has 2 nitrogen and oxygen atoms in total. The van der Waals surface area contributed by atoms with Crippen molar-refractivity contribution in [2.75, 3.05) is 5.75 Å². The molecular formula is C10H13NOS. The summed E-state index contributed by atoms with van der Waals surface area (Å²) in [6.45, 7) is 2.07. The molecule has 1 amide bonds. The van der Waals surface area contributed by atoms with Gasteiger partial charge in [0, 0.05) is 5.25 Å². The van der Waals surface area contributed by atoms with E-state index in [1.807, 2.05) is 18.2 Å². The highest BCUT2D eigenvalue weighted by Gasteiger charge is 2.06. The van der Waals surface area contributed by atoms with Gasteiger partial charge in [-0.25, -0.2) is 0 Å². The van der Waals surface area contributed by atoms with Gasteiger partial charge in [0.15, 0.2) is 0 Å². The summed E-state index contributed by atoms with van der Waals surface area (Å²) in [6, 6.07) is 10.1. The number of benzene rings is 1. The molecule has 0 heterocycles. The number of hydrogen-bond donors (Lipinski definition) is 1. The molecule has 0 fully saturated rings. The van der Waals surface area contributed by atoms with Crippen LogP contribution in [0.5, 0.6) is 0 Å². The van der Waals surface area contributed by atoms with Crippen LogP contribution in [0.4, 0.5) is 0 Å². The molecule has 3 heteroatoms. The van der Waals surface area contributed by atoms with Gasteiger partial charge >= 0.3 is 0 Å². The van der Waals surface area contributed by atoms with E-state index in [-0.39, 0.29) is 5.91 Å². The maximum atomic E-state index is 10.5. The zero-order chi connectivity index (χ0) is 9.68. The lowest BCUT2D eigenvalue weighted by Gasteiger charge is -2.09. The second kappa shape index (κ2) is 4.92. The van der Waals surface area contributed by atoms with Gasteiger partial charge in [-0.3, -0.25) is 4.79 Å². The number of thioether (sulfide) groups is 1. The van der Waals surface area contributed by atoms with Gasteiger partial charge in [-0.2, -0.15) is 0 Å². The second-order valence-corrected chi connectivity index (χ2v) is 4.16. The van der Waals surface area contributed by atoms with Crippen LogP contribution in [0.2, 0.25) is 0 Å². The van der Waals surface area contributed by atoms with E-state index < -0.39 is 0 Å². The van der Waals surface area contributed by atoms with E-state index in [2.05, 4.69) is 19.1 Å². The number of rotatable bonds is 4. The molecule has 0 aliphatic rings. The van der Waals surface area contributed by atoms with Gasteiger partial charge in [0.05, 0.1) is 5.75 Å². The first-order valence-electron chi connectivity index (χ1n) is 4.15. The fraction of sp³-hybridized carbons (Fsp3) is 0.300. The predicted molar refractivity (Wildman–Crippen MR) is 56.5 cm³/mol. The van der Waals surface area contributed by atoms with Crippen molar-refractivity contribution in [1.82, 2.24) is 0 Å². The molecule has 13 heavy (non-hydrogen) atoms. The molecule has 1 unspecified atom stereocenters. The first-order chi connectivity index (χ1) is 6.20. The molecule has 0 saturated heterocycles.